The van der Waals surface area contributed by atoms with Crippen LogP contribution in [0.25, 0.3) is 0 Å². The first kappa shape index (κ1) is 16.0. The summed E-state index contributed by atoms with van der Waals surface area (Å²) in [6, 6.07) is 8.60. The maximum absolute atomic E-state index is 11.8. The van der Waals surface area contributed by atoms with Crippen molar-refractivity contribution in [3.63, 3.8) is 0 Å². The van der Waals surface area contributed by atoms with Crippen LogP contribution in [-0.4, -0.2) is 12.0 Å². The van der Waals surface area contributed by atoms with E-state index >= 15 is 0 Å². The highest BCUT2D eigenvalue weighted by Crippen LogP contribution is 2.36. The van der Waals surface area contributed by atoms with E-state index in [2.05, 4.69) is 6.92 Å². The number of hydrogen-bond donors (Lipinski definition) is 1. The van der Waals surface area contributed by atoms with E-state index in [1.54, 1.807) is 12.1 Å². The number of esters is 1. The summed E-state index contributed by atoms with van der Waals surface area (Å²) in [5, 5.41) is 0. The van der Waals surface area contributed by atoms with E-state index in [-0.39, 0.29) is 5.97 Å². The molecule has 0 aliphatic heterocycles. The van der Waals surface area contributed by atoms with Gasteiger partial charge in [-0.15, -0.1) is 0 Å². The van der Waals surface area contributed by atoms with Gasteiger partial charge >= 0.3 is 5.97 Å². The predicted molar refractivity (Wildman–Crippen MR) is 85.0 cm³/mol. The van der Waals surface area contributed by atoms with Crippen molar-refractivity contribution in [2.45, 2.75) is 57.9 Å². The monoisotopic (exact) mass is 289 g/mol. The third-order valence-corrected chi connectivity index (χ3v) is 4.16. The number of benzene rings is 1. The van der Waals surface area contributed by atoms with Gasteiger partial charge < -0.3 is 10.5 Å². The first-order valence-corrected chi connectivity index (χ1v) is 8.17. The Labute approximate surface area is 127 Å². The molecule has 1 saturated carbocycles. The molecule has 1 fully saturated rings. The number of rotatable bonds is 9. The number of para-hydroxylation sites is 1. The minimum absolute atomic E-state index is 0.327. The van der Waals surface area contributed by atoms with Crippen LogP contribution >= 0.6 is 0 Å². The van der Waals surface area contributed by atoms with Crippen LogP contribution in [-0.2, 0) is 4.79 Å². The Morgan fingerprint density at radius 1 is 1.24 bits per heavy atom. The largest absolute Gasteiger partial charge is 0.425 e. The molecular weight excluding hydrogens is 262 g/mol. The highest BCUT2D eigenvalue weighted by Gasteiger charge is 2.23. The van der Waals surface area contributed by atoms with Gasteiger partial charge in [-0.3, -0.25) is 0 Å². The lowest BCUT2D eigenvalue weighted by Gasteiger charge is -2.13. The molecule has 0 heterocycles. The predicted octanol–water partition coefficient (Wildman–Crippen LogP) is 3.92. The lowest BCUT2D eigenvalue weighted by atomic mass is 9.96. The fraction of sp³-hybridized carbons (Fsp3) is 0.611. The second-order valence-corrected chi connectivity index (χ2v) is 6.41. The van der Waals surface area contributed by atoms with Crippen molar-refractivity contribution in [1.82, 2.24) is 0 Å². The van der Waals surface area contributed by atoms with Gasteiger partial charge in [0.05, 0.1) is 0 Å². The molecule has 116 valence electrons. The first-order valence-electron chi connectivity index (χ1n) is 8.17. The molecule has 0 aromatic heterocycles. The minimum atomic E-state index is -0.510. The highest BCUT2D eigenvalue weighted by molar-refractivity contribution is 5.77. The van der Waals surface area contributed by atoms with Crippen LogP contribution in [0.15, 0.2) is 30.3 Å². The number of unbranched alkanes of at least 4 members (excludes halogenated alkanes) is 1. The van der Waals surface area contributed by atoms with Gasteiger partial charge in [0.2, 0.25) is 0 Å². The second-order valence-electron chi connectivity index (χ2n) is 6.41. The van der Waals surface area contributed by atoms with E-state index in [1.807, 2.05) is 18.2 Å². The fourth-order valence-electron chi connectivity index (χ4n) is 2.70. The van der Waals surface area contributed by atoms with Gasteiger partial charge in [0, 0.05) is 0 Å². The molecule has 21 heavy (non-hydrogen) atoms. The molecule has 1 aromatic carbocycles. The number of carbonyl (C=O) groups excluding carboxylic acids is 1. The fourth-order valence-corrected chi connectivity index (χ4v) is 2.70. The summed E-state index contributed by atoms with van der Waals surface area (Å²) >= 11 is 0. The van der Waals surface area contributed by atoms with E-state index in [4.69, 9.17) is 10.5 Å². The molecule has 3 nitrogen and oxygen atoms in total. The Morgan fingerprint density at radius 3 is 2.57 bits per heavy atom. The number of nitrogens with two attached hydrogens (primary N) is 1. The molecule has 3 heteroatoms. The molecule has 2 rings (SSSR count). The highest BCUT2D eigenvalue weighted by atomic mass is 16.5. The van der Waals surface area contributed by atoms with Crippen molar-refractivity contribution in [3.05, 3.63) is 30.3 Å². The van der Waals surface area contributed by atoms with Crippen molar-refractivity contribution >= 4 is 5.97 Å². The number of hydrogen-bond acceptors (Lipinski definition) is 3. The van der Waals surface area contributed by atoms with Crippen LogP contribution in [0.4, 0.5) is 0 Å². The molecule has 0 bridgehead atoms. The standard InChI is InChI=1S/C18H27NO2/c1-14(13-15-11-12-15)7-5-6-10-17(19)18(20)21-16-8-3-2-4-9-16/h2-4,8-9,14-15,17H,5-7,10-13,19H2,1H3. The molecule has 1 aliphatic rings. The molecule has 2 unspecified atom stereocenters. The van der Waals surface area contributed by atoms with E-state index in [0.29, 0.717) is 12.2 Å². The average molecular weight is 289 g/mol. The number of ether oxygens (including phenoxy) is 1. The SMILES string of the molecule is CC(CCCCC(N)C(=O)Oc1ccccc1)CC1CC1. The van der Waals surface area contributed by atoms with Crippen molar-refractivity contribution < 1.29 is 9.53 Å². The molecule has 0 amide bonds. The second kappa shape index (κ2) is 8.18. The third kappa shape index (κ3) is 6.30. The van der Waals surface area contributed by atoms with E-state index < -0.39 is 6.04 Å². The molecule has 1 aromatic rings. The van der Waals surface area contributed by atoms with Gasteiger partial charge in [0.1, 0.15) is 11.8 Å². The van der Waals surface area contributed by atoms with Crippen LogP contribution in [0.1, 0.15) is 51.9 Å². The van der Waals surface area contributed by atoms with E-state index in [0.717, 1.165) is 24.7 Å². The van der Waals surface area contributed by atoms with E-state index in [1.165, 1.54) is 25.7 Å². The van der Waals surface area contributed by atoms with Gasteiger partial charge in [-0.25, -0.2) is 4.79 Å². The summed E-state index contributed by atoms with van der Waals surface area (Å²) in [4.78, 5) is 11.8. The number of carbonyl (C=O) groups is 1. The van der Waals surface area contributed by atoms with Crippen LogP contribution in [0.5, 0.6) is 5.75 Å². The zero-order valence-electron chi connectivity index (χ0n) is 13.0. The average Bonchev–Trinajstić information content (AvgIpc) is 3.28. The maximum Gasteiger partial charge on any atom is 0.328 e. The summed E-state index contributed by atoms with van der Waals surface area (Å²) in [6.45, 7) is 2.34. The summed E-state index contributed by atoms with van der Waals surface area (Å²) in [5.41, 5.74) is 5.90. The molecular formula is C18H27NO2. The first-order chi connectivity index (χ1) is 10.1. The lowest BCUT2D eigenvalue weighted by molar-refractivity contribution is -0.136. The van der Waals surface area contributed by atoms with Crippen LogP contribution < -0.4 is 10.5 Å². The van der Waals surface area contributed by atoms with Crippen molar-refractivity contribution in [2.75, 3.05) is 0 Å². The van der Waals surface area contributed by atoms with Gasteiger partial charge in [0.15, 0.2) is 0 Å². The van der Waals surface area contributed by atoms with E-state index in [9.17, 15) is 4.79 Å². The van der Waals surface area contributed by atoms with Gasteiger partial charge in [0.25, 0.3) is 0 Å². The molecule has 1 aliphatic carbocycles. The van der Waals surface area contributed by atoms with Gasteiger partial charge in [-0.2, -0.15) is 0 Å². The Bertz CT molecular complexity index is 428. The topological polar surface area (TPSA) is 52.3 Å². The Hall–Kier alpha value is -1.35. The van der Waals surface area contributed by atoms with Crippen molar-refractivity contribution in [3.8, 4) is 5.75 Å². The normalized spacial score (nSPS) is 17.2. The summed E-state index contributed by atoms with van der Waals surface area (Å²) in [5.74, 6) is 2.05. The lowest BCUT2D eigenvalue weighted by Crippen LogP contribution is -2.34. The minimum Gasteiger partial charge on any atom is -0.425 e. The summed E-state index contributed by atoms with van der Waals surface area (Å²) in [7, 11) is 0. The van der Waals surface area contributed by atoms with Crippen molar-refractivity contribution in [2.24, 2.45) is 17.6 Å². The van der Waals surface area contributed by atoms with Crippen LogP contribution in [0.3, 0.4) is 0 Å². The molecule has 0 spiro atoms. The Kier molecular flexibility index (Phi) is 6.24. The smallest absolute Gasteiger partial charge is 0.328 e. The summed E-state index contributed by atoms with van der Waals surface area (Å²) < 4.78 is 5.25. The van der Waals surface area contributed by atoms with Gasteiger partial charge in [-0.1, -0.05) is 57.2 Å². The zero-order valence-corrected chi connectivity index (χ0v) is 13.0. The third-order valence-electron chi connectivity index (χ3n) is 4.16. The molecule has 2 N–H and O–H groups in total. The zero-order chi connectivity index (χ0) is 15.1. The van der Waals surface area contributed by atoms with Crippen molar-refractivity contribution in [1.29, 1.82) is 0 Å². The maximum atomic E-state index is 11.8. The van der Waals surface area contributed by atoms with Gasteiger partial charge in [-0.05, 0) is 36.8 Å². The Morgan fingerprint density at radius 2 is 1.90 bits per heavy atom. The quantitative estimate of drug-likeness (QED) is 0.426. The molecule has 0 saturated heterocycles. The Balaban J connectivity index is 1.57. The summed E-state index contributed by atoms with van der Waals surface area (Å²) in [6.07, 6.45) is 8.35. The van der Waals surface area contributed by atoms with Crippen LogP contribution in [0.2, 0.25) is 0 Å². The molecule has 2 atom stereocenters. The van der Waals surface area contributed by atoms with Crippen LogP contribution in [0, 0.1) is 11.8 Å². The molecule has 0 radical (unpaired) electrons.